The Hall–Kier alpha value is -0.0400. The zero-order valence-corrected chi connectivity index (χ0v) is 8.34. The Morgan fingerprint density at radius 3 is 2.75 bits per heavy atom. The van der Waals surface area contributed by atoms with Gasteiger partial charge >= 0.3 is 0 Å². The third kappa shape index (κ3) is 1.39. The summed E-state index contributed by atoms with van der Waals surface area (Å²) in [6.45, 7) is 5.81. The summed E-state index contributed by atoms with van der Waals surface area (Å²) in [5, 5.41) is 3.59. The van der Waals surface area contributed by atoms with E-state index in [4.69, 9.17) is 0 Å². The highest BCUT2D eigenvalue weighted by molar-refractivity contribution is 4.93. The van der Waals surface area contributed by atoms with Gasteiger partial charge in [-0.2, -0.15) is 0 Å². The maximum absolute atomic E-state index is 3.59. The van der Waals surface area contributed by atoms with Gasteiger partial charge in [0.15, 0.2) is 0 Å². The SMILES string of the molecule is CCN[C@H]1CC2CC[C@@H](C)C2C1. The van der Waals surface area contributed by atoms with E-state index in [2.05, 4.69) is 19.2 Å². The molecule has 4 atom stereocenters. The Balaban J connectivity index is 1.90. The predicted octanol–water partition coefficient (Wildman–Crippen LogP) is 2.42. The van der Waals surface area contributed by atoms with Crippen LogP contribution >= 0.6 is 0 Å². The van der Waals surface area contributed by atoms with Crippen LogP contribution < -0.4 is 5.32 Å². The minimum Gasteiger partial charge on any atom is -0.314 e. The molecule has 1 nitrogen and oxygen atoms in total. The van der Waals surface area contributed by atoms with Crippen LogP contribution in [0.2, 0.25) is 0 Å². The van der Waals surface area contributed by atoms with E-state index in [1.54, 1.807) is 0 Å². The molecule has 0 bridgehead atoms. The maximum atomic E-state index is 3.59. The molecule has 0 aromatic rings. The van der Waals surface area contributed by atoms with Gasteiger partial charge in [0, 0.05) is 6.04 Å². The van der Waals surface area contributed by atoms with Gasteiger partial charge in [-0.05, 0) is 43.6 Å². The molecule has 70 valence electrons. The Morgan fingerprint density at radius 2 is 2.08 bits per heavy atom. The van der Waals surface area contributed by atoms with Crippen molar-refractivity contribution in [2.24, 2.45) is 17.8 Å². The van der Waals surface area contributed by atoms with Crippen LogP contribution in [0.15, 0.2) is 0 Å². The molecule has 0 spiro atoms. The van der Waals surface area contributed by atoms with E-state index in [0.717, 1.165) is 30.3 Å². The molecule has 2 aliphatic rings. The summed E-state index contributed by atoms with van der Waals surface area (Å²) in [5.41, 5.74) is 0. The lowest BCUT2D eigenvalue weighted by molar-refractivity contribution is 0.371. The van der Waals surface area contributed by atoms with Gasteiger partial charge in [-0.25, -0.2) is 0 Å². The fourth-order valence-corrected chi connectivity index (χ4v) is 3.33. The molecule has 0 heterocycles. The molecule has 1 N–H and O–H groups in total. The molecule has 0 saturated heterocycles. The van der Waals surface area contributed by atoms with Crippen molar-refractivity contribution in [3.63, 3.8) is 0 Å². The van der Waals surface area contributed by atoms with Gasteiger partial charge in [-0.1, -0.05) is 20.3 Å². The summed E-state index contributed by atoms with van der Waals surface area (Å²) in [7, 11) is 0. The highest BCUT2D eigenvalue weighted by atomic mass is 14.9. The predicted molar refractivity (Wildman–Crippen MR) is 52.1 cm³/mol. The first-order chi connectivity index (χ1) is 5.81. The summed E-state index contributed by atoms with van der Waals surface area (Å²) in [6.07, 6.45) is 5.92. The normalized spacial score (nSPS) is 46.5. The Labute approximate surface area is 75.9 Å². The lowest BCUT2D eigenvalue weighted by Gasteiger charge is -2.14. The van der Waals surface area contributed by atoms with Crippen molar-refractivity contribution in [2.75, 3.05) is 6.54 Å². The van der Waals surface area contributed by atoms with Crippen molar-refractivity contribution >= 4 is 0 Å². The van der Waals surface area contributed by atoms with Crippen LogP contribution in [0.3, 0.4) is 0 Å². The fourth-order valence-electron chi connectivity index (χ4n) is 3.33. The van der Waals surface area contributed by atoms with Crippen molar-refractivity contribution < 1.29 is 0 Å². The van der Waals surface area contributed by atoms with E-state index in [0.29, 0.717) is 0 Å². The summed E-state index contributed by atoms with van der Waals surface area (Å²) in [6, 6.07) is 0.854. The zero-order valence-electron chi connectivity index (χ0n) is 8.34. The average molecular weight is 167 g/mol. The van der Waals surface area contributed by atoms with E-state index in [1.807, 2.05) is 0 Å². The second-order valence-electron chi connectivity index (χ2n) is 4.70. The van der Waals surface area contributed by atoms with Gasteiger partial charge in [0.25, 0.3) is 0 Å². The first-order valence-electron chi connectivity index (χ1n) is 5.54. The summed E-state index contributed by atoms with van der Waals surface area (Å²) in [4.78, 5) is 0. The van der Waals surface area contributed by atoms with E-state index < -0.39 is 0 Å². The Morgan fingerprint density at radius 1 is 1.25 bits per heavy atom. The molecule has 2 fully saturated rings. The molecule has 0 aromatic heterocycles. The first-order valence-corrected chi connectivity index (χ1v) is 5.54. The first kappa shape index (κ1) is 8.55. The van der Waals surface area contributed by atoms with E-state index in [1.165, 1.54) is 25.7 Å². The largest absolute Gasteiger partial charge is 0.314 e. The quantitative estimate of drug-likeness (QED) is 0.666. The van der Waals surface area contributed by atoms with Gasteiger partial charge in [-0.15, -0.1) is 0 Å². The second kappa shape index (κ2) is 3.37. The number of nitrogens with one attached hydrogen (secondary N) is 1. The monoisotopic (exact) mass is 167 g/mol. The molecule has 0 aromatic carbocycles. The molecule has 2 aliphatic carbocycles. The molecular weight excluding hydrogens is 146 g/mol. The number of rotatable bonds is 2. The smallest absolute Gasteiger partial charge is 0.00725 e. The van der Waals surface area contributed by atoms with Gasteiger partial charge in [0.1, 0.15) is 0 Å². The van der Waals surface area contributed by atoms with Gasteiger partial charge in [-0.3, -0.25) is 0 Å². The van der Waals surface area contributed by atoms with Crippen LogP contribution in [-0.2, 0) is 0 Å². The third-order valence-corrected chi connectivity index (χ3v) is 3.97. The van der Waals surface area contributed by atoms with Crippen molar-refractivity contribution in [2.45, 2.75) is 45.6 Å². The van der Waals surface area contributed by atoms with E-state index in [-0.39, 0.29) is 0 Å². The van der Waals surface area contributed by atoms with Crippen LogP contribution in [0, 0.1) is 17.8 Å². The molecule has 2 unspecified atom stereocenters. The van der Waals surface area contributed by atoms with E-state index >= 15 is 0 Å². The topological polar surface area (TPSA) is 12.0 Å². The molecule has 1 heteroatoms. The molecule has 0 aliphatic heterocycles. The molecule has 0 radical (unpaired) electrons. The fraction of sp³-hybridized carbons (Fsp3) is 1.00. The number of fused-ring (bicyclic) bond motifs is 1. The summed E-state index contributed by atoms with van der Waals surface area (Å²) >= 11 is 0. The number of hydrogen-bond donors (Lipinski definition) is 1. The van der Waals surface area contributed by atoms with E-state index in [9.17, 15) is 0 Å². The standard InChI is InChI=1S/C11H21N/c1-3-12-10-6-9-5-4-8(2)11(9)7-10/h8-12H,3-7H2,1-2H3/t8-,9?,10+,11?/m1/s1. The van der Waals surface area contributed by atoms with Crippen molar-refractivity contribution in [3.05, 3.63) is 0 Å². The lowest BCUT2D eigenvalue weighted by atomic mass is 9.94. The highest BCUT2D eigenvalue weighted by Gasteiger charge is 2.40. The zero-order chi connectivity index (χ0) is 8.55. The van der Waals surface area contributed by atoms with Crippen LogP contribution in [0.5, 0.6) is 0 Å². The second-order valence-corrected chi connectivity index (χ2v) is 4.70. The van der Waals surface area contributed by atoms with Crippen LogP contribution in [0.1, 0.15) is 39.5 Å². The molecule has 0 amide bonds. The van der Waals surface area contributed by atoms with Crippen molar-refractivity contribution in [3.8, 4) is 0 Å². The molecule has 2 rings (SSSR count). The maximum Gasteiger partial charge on any atom is 0.00725 e. The number of hydrogen-bond acceptors (Lipinski definition) is 1. The molecule has 2 saturated carbocycles. The van der Waals surface area contributed by atoms with Gasteiger partial charge in [0.2, 0.25) is 0 Å². The molecule has 12 heavy (non-hydrogen) atoms. The van der Waals surface area contributed by atoms with Crippen molar-refractivity contribution in [1.82, 2.24) is 5.32 Å². The van der Waals surface area contributed by atoms with Gasteiger partial charge < -0.3 is 5.32 Å². The van der Waals surface area contributed by atoms with Crippen LogP contribution in [-0.4, -0.2) is 12.6 Å². The third-order valence-electron chi connectivity index (χ3n) is 3.97. The Bertz CT molecular complexity index is 155. The Kier molecular flexibility index (Phi) is 2.40. The average Bonchev–Trinajstić information content (AvgIpc) is 2.55. The van der Waals surface area contributed by atoms with Crippen LogP contribution in [0.4, 0.5) is 0 Å². The molecular formula is C11H21N. The van der Waals surface area contributed by atoms with Crippen LogP contribution in [0.25, 0.3) is 0 Å². The minimum atomic E-state index is 0.854. The van der Waals surface area contributed by atoms with Gasteiger partial charge in [0.05, 0.1) is 0 Å². The minimum absolute atomic E-state index is 0.854. The highest BCUT2D eigenvalue weighted by Crippen LogP contribution is 2.47. The van der Waals surface area contributed by atoms with Crippen molar-refractivity contribution in [1.29, 1.82) is 0 Å². The lowest BCUT2D eigenvalue weighted by Crippen LogP contribution is -2.26. The summed E-state index contributed by atoms with van der Waals surface area (Å²) in [5.74, 6) is 3.15. The summed E-state index contributed by atoms with van der Waals surface area (Å²) < 4.78 is 0.